The van der Waals surface area contributed by atoms with Crippen molar-refractivity contribution in [3.05, 3.63) is 30.3 Å². The van der Waals surface area contributed by atoms with Gasteiger partial charge in [-0.2, -0.15) is 0 Å². The number of para-hydroxylation sites is 1. The maximum atomic E-state index is 10.7. The van der Waals surface area contributed by atoms with E-state index in [0.29, 0.717) is 12.0 Å². The van der Waals surface area contributed by atoms with Gasteiger partial charge in [-0.3, -0.25) is 4.79 Å². The predicted molar refractivity (Wildman–Crippen MR) is 56.9 cm³/mol. The van der Waals surface area contributed by atoms with Gasteiger partial charge in [0.15, 0.2) is 6.29 Å². The van der Waals surface area contributed by atoms with Gasteiger partial charge in [-0.15, -0.1) is 0 Å². The number of hydrogen-bond acceptors (Lipinski definition) is 4. The molecule has 5 heteroatoms. The lowest BCUT2D eigenvalue weighted by Gasteiger charge is -2.24. The van der Waals surface area contributed by atoms with Crippen molar-refractivity contribution >= 4 is 28.5 Å². The number of aldehydes is 2. The van der Waals surface area contributed by atoms with Gasteiger partial charge >= 0.3 is 0 Å². The van der Waals surface area contributed by atoms with Crippen molar-refractivity contribution in [1.82, 2.24) is 0 Å². The van der Waals surface area contributed by atoms with Gasteiger partial charge in [-0.05, 0) is 12.1 Å². The molecule has 0 amide bonds. The highest BCUT2D eigenvalue weighted by Crippen LogP contribution is 2.20. The number of alkyl halides is 1. The van der Waals surface area contributed by atoms with Crippen LogP contribution in [0.5, 0.6) is 5.75 Å². The molecular formula is C10H9BrO4. The van der Waals surface area contributed by atoms with Gasteiger partial charge in [0, 0.05) is 0 Å². The van der Waals surface area contributed by atoms with Crippen LogP contribution in [0.3, 0.4) is 0 Å². The second kappa shape index (κ2) is 5.04. The Labute approximate surface area is 95.0 Å². The first kappa shape index (κ1) is 11.9. The summed E-state index contributed by atoms with van der Waals surface area (Å²) in [6.07, 6.45) is 0.561. The molecule has 0 spiro atoms. The lowest BCUT2D eigenvalue weighted by Crippen LogP contribution is -2.47. The van der Waals surface area contributed by atoms with E-state index in [1.165, 1.54) is 0 Å². The van der Waals surface area contributed by atoms with Gasteiger partial charge in [0.2, 0.25) is 0 Å². The molecule has 15 heavy (non-hydrogen) atoms. The lowest BCUT2D eigenvalue weighted by molar-refractivity contribution is -0.159. The highest BCUT2D eigenvalue weighted by Gasteiger charge is 2.37. The molecule has 1 aromatic carbocycles. The van der Waals surface area contributed by atoms with E-state index in [2.05, 4.69) is 15.9 Å². The highest BCUT2D eigenvalue weighted by molar-refractivity contribution is 9.10. The fourth-order valence-corrected chi connectivity index (χ4v) is 1.12. The number of ether oxygens (including phenoxy) is 1. The number of benzene rings is 1. The fraction of sp³-hybridized carbons (Fsp3) is 0.200. The van der Waals surface area contributed by atoms with Gasteiger partial charge in [-0.25, -0.2) is 0 Å². The molecule has 0 aromatic heterocycles. The summed E-state index contributed by atoms with van der Waals surface area (Å²) < 4.78 is 5.01. The maximum absolute atomic E-state index is 10.7. The van der Waals surface area contributed by atoms with Crippen molar-refractivity contribution in [2.45, 2.75) is 10.6 Å². The van der Waals surface area contributed by atoms with Crippen molar-refractivity contribution in [2.24, 2.45) is 0 Å². The molecule has 0 fully saturated rings. The van der Waals surface area contributed by atoms with Gasteiger partial charge in [0.25, 0.3) is 5.79 Å². The third-order valence-corrected chi connectivity index (χ3v) is 2.58. The molecule has 2 unspecified atom stereocenters. The maximum Gasteiger partial charge on any atom is 0.284 e. The van der Waals surface area contributed by atoms with E-state index >= 15 is 0 Å². The first-order valence-electron chi connectivity index (χ1n) is 4.14. The van der Waals surface area contributed by atoms with Gasteiger partial charge < -0.3 is 14.6 Å². The standard InChI is InChI=1S/C10H9BrO4/c11-9(6-12)10(14,7-13)15-8-4-2-1-3-5-8/h1-7,9,14H. The largest absolute Gasteiger partial charge is 0.454 e. The minimum absolute atomic E-state index is 0.174. The van der Waals surface area contributed by atoms with E-state index in [1.54, 1.807) is 30.3 Å². The zero-order chi connectivity index (χ0) is 11.3. The number of carbonyl (C=O) groups excluding carboxylic acids is 2. The van der Waals surface area contributed by atoms with Crippen molar-refractivity contribution in [3.8, 4) is 5.75 Å². The molecule has 0 radical (unpaired) electrons. The van der Waals surface area contributed by atoms with Crippen LogP contribution in [0, 0.1) is 0 Å². The van der Waals surface area contributed by atoms with Gasteiger partial charge in [0.05, 0.1) is 0 Å². The van der Waals surface area contributed by atoms with Crippen LogP contribution in [0.25, 0.3) is 0 Å². The van der Waals surface area contributed by atoms with E-state index in [-0.39, 0.29) is 6.29 Å². The molecule has 80 valence electrons. The van der Waals surface area contributed by atoms with Crippen LogP contribution in [0.1, 0.15) is 0 Å². The summed E-state index contributed by atoms with van der Waals surface area (Å²) in [7, 11) is 0. The number of halogens is 1. The molecule has 0 saturated heterocycles. The zero-order valence-corrected chi connectivity index (χ0v) is 9.25. The Bertz CT molecular complexity index is 341. The Kier molecular flexibility index (Phi) is 3.99. The van der Waals surface area contributed by atoms with Crippen LogP contribution in [-0.4, -0.2) is 28.3 Å². The summed E-state index contributed by atoms with van der Waals surface area (Å²) in [5, 5.41) is 9.67. The average Bonchev–Trinajstić information content (AvgIpc) is 2.29. The lowest BCUT2D eigenvalue weighted by atomic mass is 10.2. The van der Waals surface area contributed by atoms with Crippen LogP contribution in [0.15, 0.2) is 30.3 Å². The summed E-state index contributed by atoms with van der Waals surface area (Å²) in [5.41, 5.74) is 0. The van der Waals surface area contributed by atoms with E-state index in [4.69, 9.17) is 4.74 Å². The van der Waals surface area contributed by atoms with E-state index in [9.17, 15) is 14.7 Å². The van der Waals surface area contributed by atoms with Gasteiger partial charge in [0.1, 0.15) is 16.9 Å². The summed E-state index contributed by atoms with van der Waals surface area (Å²) in [6, 6.07) is 8.27. The van der Waals surface area contributed by atoms with Crippen molar-refractivity contribution in [3.63, 3.8) is 0 Å². The average molecular weight is 273 g/mol. The first-order chi connectivity index (χ1) is 7.12. The zero-order valence-electron chi connectivity index (χ0n) is 7.67. The number of hydrogen-bond donors (Lipinski definition) is 1. The summed E-state index contributed by atoms with van der Waals surface area (Å²) in [4.78, 5) is 20.0. The Morgan fingerprint density at radius 3 is 2.40 bits per heavy atom. The third-order valence-electron chi connectivity index (χ3n) is 1.71. The van der Waals surface area contributed by atoms with Crippen LogP contribution in [0.4, 0.5) is 0 Å². The SMILES string of the molecule is O=CC(Br)C(O)(C=O)Oc1ccccc1. The van der Waals surface area contributed by atoms with Crippen LogP contribution in [-0.2, 0) is 9.59 Å². The Hall–Kier alpha value is -1.20. The van der Waals surface area contributed by atoms with Crippen LogP contribution in [0.2, 0.25) is 0 Å². The highest BCUT2D eigenvalue weighted by atomic mass is 79.9. The summed E-state index contributed by atoms with van der Waals surface area (Å²) in [6.45, 7) is 0. The van der Waals surface area contributed by atoms with E-state index < -0.39 is 10.6 Å². The second-order valence-corrected chi connectivity index (χ2v) is 3.81. The molecule has 0 aliphatic heterocycles. The normalized spacial score (nSPS) is 16.1. The van der Waals surface area contributed by atoms with Crippen LogP contribution >= 0.6 is 15.9 Å². The monoisotopic (exact) mass is 272 g/mol. The molecule has 1 rings (SSSR count). The Morgan fingerprint density at radius 1 is 1.33 bits per heavy atom. The molecule has 0 bridgehead atoms. The molecule has 0 aliphatic carbocycles. The summed E-state index contributed by atoms with van der Waals surface area (Å²) in [5.74, 6) is -1.87. The van der Waals surface area contributed by atoms with Crippen molar-refractivity contribution in [2.75, 3.05) is 0 Å². The van der Waals surface area contributed by atoms with Crippen molar-refractivity contribution in [1.29, 1.82) is 0 Å². The van der Waals surface area contributed by atoms with Crippen LogP contribution < -0.4 is 4.74 Å². The summed E-state index contributed by atoms with van der Waals surface area (Å²) >= 11 is 2.84. The third kappa shape index (κ3) is 2.87. The second-order valence-electron chi connectivity index (χ2n) is 2.82. The molecule has 1 N–H and O–H groups in total. The smallest absolute Gasteiger partial charge is 0.284 e. The molecule has 0 heterocycles. The number of rotatable bonds is 5. The fourth-order valence-electron chi connectivity index (χ4n) is 0.920. The quantitative estimate of drug-likeness (QED) is 0.492. The minimum atomic E-state index is -2.18. The van der Waals surface area contributed by atoms with Gasteiger partial charge in [-0.1, -0.05) is 34.1 Å². The first-order valence-corrected chi connectivity index (χ1v) is 5.06. The molecule has 2 atom stereocenters. The topological polar surface area (TPSA) is 63.6 Å². The molecule has 1 aromatic rings. The molecule has 4 nitrogen and oxygen atoms in total. The number of carbonyl (C=O) groups is 2. The Morgan fingerprint density at radius 2 is 1.93 bits per heavy atom. The molecule has 0 aliphatic rings. The number of aliphatic hydroxyl groups is 1. The Balaban J connectivity index is 2.86. The predicted octanol–water partition coefficient (Wildman–Crippen LogP) is 0.915. The minimum Gasteiger partial charge on any atom is -0.454 e. The van der Waals surface area contributed by atoms with Crippen molar-refractivity contribution < 1.29 is 19.4 Å². The molecular weight excluding hydrogens is 264 g/mol. The van der Waals surface area contributed by atoms with E-state index in [0.717, 1.165) is 0 Å². The molecule has 0 saturated carbocycles. The van der Waals surface area contributed by atoms with E-state index in [1.807, 2.05) is 0 Å².